The number of aliphatic hydroxyl groups excluding tert-OH is 3. The van der Waals surface area contributed by atoms with Crippen LogP contribution in [0.3, 0.4) is 0 Å². The van der Waals surface area contributed by atoms with Crippen LogP contribution in [0.4, 0.5) is 0 Å². The number of hydroxylamine groups is 2. The summed E-state index contributed by atoms with van der Waals surface area (Å²) >= 11 is 0. The minimum absolute atomic E-state index is 0.0330. The number of ether oxygens (including phenoxy) is 4. The largest absolute Gasteiger partial charge is 0.499 e. The number of nitrogens with one attached hydrogen (secondary N) is 2. The Bertz CT molecular complexity index is 1590. The van der Waals surface area contributed by atoms with Gasteiger partial charge in [0.05, 0.1) is 32.1 Å². The van der Waals surface area contributed by atoms with Gasteiger partial charge in [-0.3, -0.25) is 19.2 Å². The summed E-state index contributed by atoms with van der Waals surface area (Å²) in [7, 11) is 0. The minimum atomic E-state index is -1.58. The summed E-state index contributed by atoms with van der Waals surface area (Å²) in [5.74, 6) is -3.07. The molecule has 8 atom stereocenters. The average molecular weight is 680 g/mol. The molecular formula is C35H41N3O11. The average Bonchev–Trinajstić information content (AvgIpc) is 3.76. The van der Waals surface area contributed by atoms with Gasteiger partial charge in [-0.2, -0.15) is 5.06 Å². The Morgan fingerprint density at radius 2 is 1.78 bits per heavy atom. The quantitative estimate of drug-likeness (QED) is 0.113. The van der Waals surface area contributed by atoms with E-state index < -0.39 is 71.6 Å². The second-order valence-corrected chi connectivity index (χ2v) is 13.2. The van der Waals surface area contributed by atoms with E-state index in [4.69, 9.17) is 28.9 Å². The maximum Gasteiger partial charge on any atom is 0.327 e. The van der Waals surface area contributed by atoms with Gasteiger partial charge in [-0.25, -0.2) is 0 Å². The Hall–Kier alpha value is -3.89. The first-order chi connectivity index (χ1) is 23.7. The molecule has 3 heterocycles. The zero-order chi connectivity index (χ0) is 34.3. The molecule has 5 aliphatic rings. The van der Waals surface area contributed by atoms with Crippen molar-refractivity contribution in [1.29, 1.82) is 0 Å². The molecular weight excluding hydrogens is 638 g/mol. The van der Waals surface area contributed by atoms with Crippen molar-refractivity contribution in [2.45, 2.75) is 81.1 Å². The molecule has 262 valence electrons. The van der Waals surface area contributed by atoms with Crippen LogP contribution in [0.25, 0.3) is 6.08 Å². The standard InChI is InChI=1S/C35H41N3O11/c1-20(41)26(31(42)36-11-12-39)37-33(44)35-18-25-27-28(48-34(47-27)16-22-7-3-4-8-23(22)17-34)30(35)49-38(29(35)32(43)46-25)19-24-9-5-2-6-21(24)10-14-45-15-13-40/h2-10,14,20,25-30,39-41H,11-13,15-19H2,1H3,(H,36,42)(H,37,44)/t20-,25+,26+,27-,28-,29-,30+,35-/m0/s1. The van der Waals surface area contributed by atoms with Gasteiger partial charge in [-0.15, -0.1) is 0 Å². The molecule has 0 aromatic heterocycles. The van der Waals surface area contributed by atoms with Crippen molar-refractivity contribution < 1.29 is 53.5 Å². The summed E-state index contributed by atoms with van der Waals surface area (Å²) in [5.41, 5.74) is 2.10. The topological polar surface area (TPSA) is 185 Å². The summed E-state index contributed by atoms with van der Waals surface area (Å²) in [6.45, 7) is 1.04. The number of aliphatic hydroxyl groups is 3. The Morgan fingerprint density at radius 1 is 1.06 bits per heavy atom. The van der Waals surface area contributed by atoms with Crippen LogP contribution < -0.4 is 10.6 Å². The van der Waals surface area contributed by atoms with E-state index in [1.54, 1.807) is 6.08 Å². The minimum Gasteiger partial charge on any atom is -0.499 e. The highest BCUT2D eigenvalue weighted by Crippen LogP contribution is 2.58. The molecule has 5 N–H and O–H groups in total. The van der Waals surface area contributed by atoms with Crippen LogP contribution >= 0.6 is 0 Å². The molecule has 1 saturated carbocycles. The maximum absolute atomic E-state index is 14.7. The molecule has 4 fully saturated rings. The smallest absolute Gasteiger partial charge is 0.327 e. The number of carbonyl (C=O) groups is 3. The van der Waals surface area contributed by atoms with Gasteiger partial charge in [-0.1, -0.05) is 48.5 Å². The number of rotatable bonds is 12. The van der Waals surface area contributed by atoms with Gasteiger partial charge < -0.3 is 44.9 Å². The molecule has 7 rings (SSSR count). The Balaban J connectivity index is 1.24. The van der Waals surface area contributed by atoms with E-state index in [2.05, 4.69) is 10.6 Å². The van der Waals surface area contributed by atoms with Crippen molar-refractivity contribution in [3.63, 3.8) is 0 Å². The van der Waals surface area contributed by atoms with Crippen molar-refractivity contribution in [3.8, 4) is 0 Å². The van der Waals surface area contributed by atoms with E-state index in [9.17, 15) is 24.6 Å². The molecule has 1 spiro atoms. The lowest BCUT2D eigenvalue weighted by atomic mass is 9.62. The van der Waals surface area contributed by atoms with Gasteiger partial charge in [0, 0.05) is 25.8 Å². The van der Waals surface area contributed by atoms with Crippen LogP contribution in [0, 0.1) is 5.41 Å². The van der Waals surface area contributed by atoms with Crippen LogP contribution in [-0.2, 0) is 57.6 Å². The summed E-state index contributed by atoms with van der Waals surface area (Å²) < 4.78 is 24.8. The lowest BCUT2D eigenvalue weighted by Gasteiger charge is -2.49. The molecule has 14 nitrogen and oxygen atoms in total. The van der Waals surface area contributed by atoms with Gasteiger partial charge >= 0.3 is 5.97 Å². The fourth-order valence-electron chi connectivity index (χ4n) is 7.98. The van der Waals surface area contributed by atoms with Crippen molar-refractivity contribution in [2.75, 3.05) is 26.4 Å². The first kappa shape index (κ1) is 33.6. The fraction of sp³-hybridized carbons (Fsp3) is 0.514. The van der Waals surface area contributed by atoms with Gasteiger partial charge in [0.15, 0.2) is 11.8 Å². The number of hydrogen-bond donors (Lipinski definition) is 5. The van der Waals surface area contributed by atoms with E-state index in [-0.39, 0.29) is 39.3 Å². The number of nitrogens with zero attached hydrogens (tertiary/aromatic N) is 1. The summed E-state index contributed by atoms with van der Waals surface area (Å²) in [6.07, 6.45) is -0.490. The molecule has 2 aromatic rings. The van der Waals surface area contributed by atoms with E-state index in [1.807, 2.05) is 48.5 Å². The third kappa shape index (κ3) is 5.90. The number of benzene rings is 2. The van der Waals surface area contributed by atoms with Crippen LogP contribution in [0.5, 0.6) is 0 Å². The molecule has 2 aliphatic carbocycles. The second-order valence-electron chi connectivity index (χ2n) is 13.2. The molecule has 49 heavy (non-hydrogen) atoms. The fourth-order valence-corrected chi connectivity index (χ4v) is 7.98. The number of fused-ring (bicyclic) bond motifs is 5. The Morgan fingerprint density at radius 3 is 2.49 bits per heavy atom. The third-order valence-corrected chi connectivity index (χ3v) is 10.1. The zero-order valence-corrected chi connectivity index (χ0v) is 27.0. The van der Waals surface area contributed by atoms with Crippen LogP contribution in [0.15, 0.2) is 54.8 Å². The maximum atomic E-state index is 14.7. The van der Waals surface area contributed by atoms with Crippen LogP contribution in [0.2, 0.25) is 0 Å². The van der Waals surface area contributed by atoms with Gasteiger partial charge in [0.1, 0.15) is 42.5 Å². The molecule has 14 heteroatoms. The first-order valence-corrected chi connectivity index (χ1v) is 16.6. The number of amides is 2. The third-order valence-electron chi connectivity index (χ3n) is 10.1. The Kier molecular flexibility index (Phi) is 9.21. The van der Waals surface area contributed by atoms with E-state index in [0.29, 0.717) is 12.8 Å². The predicted octanol–water partition coefficient (Wildman–Crippen LogP) is -0.281. The summed E-state index contributed by atoms with van der Waals surface area (Å²) in [4.78, 5) is 48.3. The van der Waals surface area contributed by atoms with E-state index >= 15 is 0 Å². The lowest BCUT2D eigenvalue weighted by Crippen LogP contribution is -2.71. The SMILES string of the molecule is C[C@H](O)[C@@H](NC(=O)[C@@]12C[C@H]3OC(=O)[C@@H]1N(Cc1ccccc1C=COCCO)O[C@@H]2[C@H]1OC2(Cc4ccccc4C2)O[C@H]13)C(=O)NCCO. The summed E-state index contributed by atoms with van der Waals surface area (Å²) in [6, 6.07) is 12.8. The predicted molar refractivity (Wildman–Crippen MR) is 170 cm³/mol. The van der Waals surface area contributed by atoms with E-state index in [0.717, 1.165) is 22.3 Å². The van der Waals surface area contributed by atoms with Gasteiger partial charge in [0.2, 0.25) is 11.8 Å². The van der Waals surface area contributed by atoms with Crippen molar-refractivity contribution in [1.82, 2.24) is 15.7 Å². The number of esters is 1. The molecule has 2 aromatic carbocycles. The normalized spacial score (nSPS) is 30.4. The molecule has 0 radical (unpaired) electrons. The van der Waals surface area contributed by atoms with E-state index in [1.165, 1.54) is 18.2 Å². The molecule has 0 unspecified atom stereocenters. The molecule has 3 saturated heterocycles. The highest BCUT2D eigenvalue weighted by Gasteiger charge is 2.76. The number of carbonyl (C=O) groups excluding carboxylic acids is 3. The zero-order valence-electron chi connectivity index (χ0n) is 27.0. The Labute approximate surface area is 282 Å². The van der Waals surface area contributed by atoms with Crippen LogP contribution in [0.1, 0.15) is 35.6 Å². The molecule has 3 aliphatic heterocycles. The van der Waals surface area contributed by atoms with Gasteiger partial charge in [0.25, 0.3) is 0 Å². The lowest BCUT2D eigenvalue weighted by molar-refractivity contribution is -0.217. The monoisotopic (exact) mass is 679 g/mol. The van der Waals surface area contributed by atoms with Crippen molar-refractivity contribution in [2.24, 2.45) is 5.41 Å². The highest BCUT2D eigenvalue weighted by atomic mass is 16.8. The molecule has 2 amide bonds. The second kappa shape index (κ2) is 13.4. The van der Waals surface area contributed by atoms with Crippen molar-refractivity contribution in [3.05, 3.63) is 77.0 Å². The molecule has 2 bridgehead atoms. The first-order valence-electron chi connectivity index (χ1n) is 16.6. The van der Waals surface area contributed by atoms with Crippen LogP contribution in [-0.4, -0.2) is 113 Å². The van der Waals surface area contributed by atoms with Gasteiger partial charge in [-0.05, 0) is 35.3 Å². The van der Waals surface area contributed by atoms with Crippen molar-refractivity contribution >= 4 is 23.9 Å². The number of hydrogen-bond acceptors (Lipinski definition) is 12. The summed E-state index contributed by atoms with van der Waals surface area (Å²) in [5, 5.41) is 35.5. The highest BCUT2D eigenvalue weighted by molar-refractivity contribution is 5.96.